The third kappa shape index (κ3) is 4.24. The highest BCUT2D eigenvalue weighted by Crippen LogP contribution is 2.24. The molecule has 0 aliphatic rings. The number of aliphatic hydroxyl groups is 1. The summed E-state index contributed by atoms with van der Waals surface area (Å²) in [6.45, 7) is 1.78. The van der Waals surface area contributed by atoms with Crippen molar-refractivity contribution < 1.29 is 14.6 Å². The Kier molecular flexibility index (Phi) is 5.25. The predicted molar refractivity (Wildman–Crippen MR) is 87.1 cm³/mol. The van der Waals surface area contributed by atoms with Gasteiger partial charge in [0.05, 0.1) is 12.6 Å². The lowest BCUT2D eigenvalue weighted by molar-refractivity contribution is -0.120. The van der Waals surface area contributed by atoms with Gasteiger partial charge in [0, 0.05) is 5.39 Å². The van der Waals surface area contributed by atoms with E-state index in [1.54, 1.807) is 6.92 Å². The number of nitrogens with one attached hydrogen (secondary N) is 1. The quantitative estimate of drug-likeness (QED) is 0.770. The molecule has 0 heterocycles. The van der Waals surface area contributed by atoms with Gasteiger partial charge >= 0.3 is 0 Å². The summed E-state index contributed by atoms with van der Waals surface area (Å²) < 4.78 is 5.59. The Bertz CT molecular complexity index is 652. The number of aliphatic hydroxyl groups excluding tert-OH is 1. The van der Waals surface area contributed by atoms with Crippen LogP contribution >= 0.6 is 12.2 Å². The Hall–Kier alpha value is -1.98. The number of hydrogen-bond acceptors (Lipinski definition) is 4. The highest BCUT2D eigenvalue weighted by molar-refractivity contribution is 7.80. The van der Waals surface area contributed by atoms with Gasteiger partial charge in [0.1, 0.15) is 12.4 Å². The van der Waals surface area contributed by atoms with Crippen molar-refractivity contribution in [3.05, 3.63) is 42.5 Å². The molecule has 2 aromatic carbocycles. The molecule has 0 unspecified atom stereocenters. The van der Waals surface area contributed by atoms with Gasteiger partial charge in [-0.15, -0.1) is 0 Å². The first-order valence-corrected chi connectivity index (χ1v) is 7.07. The van der Waals surface area contributed by atoms with Gasteiger partial charge in [-0.3, -0.25) is 10.1 Å². The summed E-state index contributed by atoms with van der Waals surface area (Å²) in [6, 6.07) is 13.2. The van der Waals surface area contributed by atoms with E-state index in [9.17, 15) is 4.79 Å². The Morgan fingerprint density at radius 2 is 2.00 bits per heavy atom. The van der Waals surface area contributed by atoms with E-state index in [0.29, 0.717) is 5.75 Å². The molecule has 0 aliphatic carbocycles. The van der Waals surface area contributed by atoms with Gasteiger partial charge in [-0.2, -0.15) is 0 Å². The molecule has 0 bridgehead atoms. The van der Waals surface area contributed by atoms with Crippen LogP contribution in [0, 0.1) is 0 Å². The Morgan fingerprint density at radius 1 is 1.29 bits per heavy atom. The molecule has 0 saturated heterocycles. The molecule has 0 spiro atoms. The molecule has 1 atom stereocenters. The first-order valence-electron chi connectivity index (χ1n) is 6.66. The number of hydrogen-bond donors (Lipinski definition) is 2. The molecule has 0 radical (unpaired) electrons. The Labute approximate surface area is 128 Å². The maximum absolute atomic E-state index is 11.8. The molecular weight excluding hydrogens is 286 g/mol. The molecule has 21 heavy (non-hydrogen) atoms. The second-order valence-electron chi connectivity index (χ2n) is 4.75. The number of fused-ring (bicyclic) bond motifs is 1. The summed E-state index contributed by atoms with van der Waals surface area (Å²) in [7, 11) is 0. The monoisotopic (exact) mass is 303 g/mol. The van der Waals surface area contributed by atoms with E-state index < -0.39 is 0 Å². The van der Waals surface area contributed by atoms with Crippen molar-refractivity contribution in [3.8, 4) is 5.75 Å². The van der Waals surface area contributed by atoms with Crippen LogP contribution in [0.5, 0.6) is 5.75 Å². The van der Waals surface area contributed by atoms with Crippen LogP contribution in [0.25, 0.3) is 10.8 Å². The fourth-order valence-electron chi connectivity index (χ4n) is 1.89. The van der Waals surface area contributed by atoms with Crippen molar-refractivity contribution >= 4 is 33.8 Å². The van der Waals surface area contributed by atoms with Crippen LogP contribution in [-0.4, -0.2) is 35.1 Å². The SMILES string of the molecule is C[C@H](NCC(=O)COc1cccc2ccccc12)C(O)=S. The third-order valence-corrected chi connectivity index (χ3v) is 3.47. The summed E-state index contributed by atoms with van der Waals surface area (Å²) >= 11 is 4.61. The lowest BCUT2D eigenvalue weighted by Gasteiger charge is -2.11. The van der Waals surface area contributed by atoms with E-state index >= 15 is 0 Å². The fourth-order valence-corrected chi connectivity index (χ4v) is 1.97. The average Bonchev–Trinajstić information content (AvgIpc) is 2.50. The van der Waals surface area contributed by atoms with Crippen LogP contribution in [0.2, 0.25) is 0 Å². The fraction of sp³-hybridized carbons (Fsp3) is 0.250. The summed E-state index contributed by atoms with van der Waals surface area (Å²) in [4.78, 5) is 11.8. The van der Waals surface area contributed by atoms with Crippen LogP contribution in [0.1, 0.15) is 6.92 Å². The summed E-state index contributed by atoms with van der Waals surface area (Å²) in [5.41, 5.74) is 0. The van der Waals surface area contributed by atoms with E-state index in [1.807, 2.05) is 42.5 Å². The number of thiocarbonyl (C=S) groups is 1. The van der Waals surface area contributed by atoms with Crippen LogP contribution in [0.3, 0.4) is 0 Å². The van der Waals surface area contributed by atoms with Crippen molar-refractivity contribution in [2.24, 2.45) is 0 Å². The van der Waals surface area contributed by atoms with Crippen molar-refractivity contribution in [3.63, 3.8) is 0 Å². The molecule has 110 valence electrons. The number of ketones is 1. The minimum Gasteiger partial charge on any atom is -0.501 e. The molecular formula is C16H17NO3S. The molecule has 4 nitrogen and oxygen atoms in total. The molecule has 0 saturated carbocycles. The number of Topliss-reactive ketones (excluding diaryl/α,β-unsaturated/α-hetero) is 1. The normalized spacial score (nSPS) is 12.0. The van der Waals surface area contributed by atoms with Crippen molar-refractivity contribution in [2.75, 3.05) is 13.2 Å². The van der Waals surface area contributed by atoms with Gasteiger partial charge in [-0.25, -0.2) is 0 Å². The number of rotatable bonds is 7. The van der Waals surface area contributed by atoms with Crippen LogP contribution in [0.15, 0.2) is 42.5 Å². The summed E-state index contributed by atoms with van der Waals surface area (Å²) in [5, 5.41) is 13.8. The molecule has 0 aliphatic heterocycles. The average molecular weight is 303 g/mol. The van der Waals surface area contributed by atoms with Crippen molar-refractivity contribution in [1.82, 2.24) is 5.32 Å². The second-order valence-corrected chi connectivity index (χ2v) is 5.16. The predicted octanol–water partition coefficient (Wildman–Crippen LogP) is 2.65. The highest BCUT2D eigenvalue weighted by Gasteiger charge is 2.10. The van der Waals surface area contributed by atoms with E-state index in [-0.39, 0.29) is 30.0 Å². The molecule has 2 aromatic rings. The van der Waals surface area contributed by atoms with Crippen LogP contribution in [-0.2, 0) is 4.79 Å². The first-order chi connectivity index (χ1) is 10.1. The Balaban J connectivity index is 1.93. The third-order valence-electron chi connectivity index (χ3n) is 3.11. The lowest BCUT2D eigenvalue weighted by atomic mass is 10.1. The number of benzene rings is 2. The molecule has 0 aromatic heterocycles. The zero-order valence-corrected chi connectivity index (χ0v) is 12.5. The zero-order valence-electron chi connectivity index (χ0n) is 11.7. The largest absolute Gasteiger partial charge is 0.501 e. The highest BCUT2D eigenvalue weighted by atomic mass is 32.1. The molecule has 2 N–H and O–H groups in total. The van der Waals surface area contributed by atoms with Gasteiger partial charge in [0.25, 0.3) is 0 Å². The number of carbonyl (C=O) groups excluding carboxylic acids is 1. The number of ether oxygens (including phenoxy) is 1. The van der Waals surface area contributed by atoms with Gasteiger partial charge in [-0.05, 0) is 30.6 Å². The Morgan fingerprint density at radius 3 is 2.76 bits per heavy atom. The molecule has 5 heteroatoms. The minimum atomic E-state index is -0.387. The van der Waals surface area contributed by atoms with Crippen LogP contribution < -0.4 is 10.1 Å². The standard InChI is InChI=1S/C16H17NO3S/c1-11(16(19)21)17-9-13(18)10-20-15-8-4-6-12-5-2-3-7-14(12)15/h2-8,11,17H,9-10H2,1H3,(H,19,21)/t11-/m0/s1. The topological polar surface area (TPSA) is 58.6 Å². The zero-order chi connectivity index (χ0) is 15.2. The summed E-state index contributed by atoms with van der Waals surface area (Å²) in [6.07, 6.45) is 0. The smallest absolute Gasteiger partial charge is 0.183 e. The lowest BCUT2D eigenvalue weighted by Crippen LogP contribution is -2.37. The summed E-state index contributed by atoms with van der Waals surface area (Å²) in [5.74, 6) is 0.582. The molecule has 0 fully saturated rings. The van der Waals surface area contributed by atoms with E-state index in [4.69, 9.17) is 9.84 Å². The van der Waals surface area contributed by atoms with Crippen molar-refractivity contribution in [1.29, 1.82) is 0 Å². The molecule has 2 rings (SSSR count). The maximum atomic E-state index is 11.8. The first kappa shape index (κ1) is 15.4. The maximum Gasteiger partial charge on any atom is 0.183 e. The van der Waals surface area contributed by atoms with Gasteiger partial charge in [0.2, 0.25) is 0 Å². The van der Waals surface area contributed by atoms with Crippen molar-refractivity contribution in [2.45, 2.75) is 13.0 Å². The molecule has 0 amide bonds. The van der Waals surface area contributed by atoms with Crippen LogP contribution in [0.4, 0.5) is 0 Å². The van der Waals surface area contributed by atoms with Gasteiger partial charge in [0.15, 0.2) is 10.8 Å². The van der Waals surface area contributed by atoms with Gasteiger partial charge in [-0.1, -0.05) is 36.4 Å². The van der Waals surface area contributed by atoms with Gasteiger partial charge < -0.3 is 9.84 Å². The second kappa shape index (κ2) is 7.15. The van der Waals surface area contributed by atoms with E-state index in [1.165, 1.54) is 0 Å². The minimum absolute atomic E-state index is 0.0219. The van der Waals surface area contributed by atoms with E-state index in [0.717, 1.165) is 10.8 Å². The van der Waals surface area contributed by atoms with E-state index in [2.05, 4.69) is 17.5 Å². The number of carbonyl (C=O) groups is 1.